The van der Waals surface area contributed by atoms with Crippen molar-refractivity contribution in [1.29, 1.82) is 0 Å². The molecule has 0 aliphatic carbocycles. The summed E-state index contributed by atoms with van der Waals surface area (Å²) in [6, 6.07) is 0.0190. The first kappa shape index (κ1) is 19.0. The quantitative estimate of drug-likeness (QED) is 0.801. The maximum atomic E-state index is 12.3. The monoisotopic (exact) mass is 343 g/mol. The van der Waals surface area contributed by atoms with Crippen molar-refractivity contribution < 1.29 is 22.8 Å². The molecular weight excluding hydrogens is 323 g/mol. The molecule has 0 aromatic heterocycles. The van der Waals surface area contributed by atoms with Gasteiger partial charge >= 0.3 is 6.18 Å². The van der Waals surface area contributed by atoms with Gasteiger partial charge < -0.3 is 15.5 Å². The van der Waals surface area contributed by atoms with Gasteiger partial charge in [0, 0.05) is 19.0 Å². The lowest BCUT2D eigenvalue weighted by atomic mass is 9.94. The molecular formula is C13H21ClF3N3O2. The summed E-state index contributed by atoms with van der Waals surface area (Å²) < 4.78 is 37.0. The number of piperidine rings is 1. The molecule has 0 aromatic rings. The molecule has 2 aliphatic rings. The van der Waals surface area contributed by atoms with E-state index in [0.717, 1.165) is 24.4 Å². The molecule has 2 N–H and O–H groups in total. The Balaban J connectivity index is 0.00000242. The molecule has 9 heteroatoms. The summed E-state index contributed by atoms with van der Waals surface area (Å²) in [5, 5.41) is 6.08. The topological polar surface area (TPSA) is 61.4 Å². The highest BCUT2D eigenvalue weighted by atomic mass is 35.5. The van der Waals surface area contributed by atoms with E-state index in [4.69, 9.17) is 0 Å². The van der Waals surface area contributed by atoms with Crippen molar-refractivity contribution in [2.24, 2.45) is 11.8 Å². The van der Waals surface area contributed by atoms with E-state index in [9.17, 15) is 22.8 Å². The average molecular weight is 344 g/mol. The maximum absolute atomic E-state index is 12.3. The molecule has 0 spiro atoms. The summed E-state index contributed by atoms with van der Waals surface area (Å²) in [5.74, 6) is -1.33. The summed E-state index contributed by atoms with van der Waals surface area (Å²) in [4.78, 5) is 24.4. The lowest BCUT2D eigenvalue weighted by molar-refractivity contribution is -0.157. The molecule has 2 heterocycles. The number of nitrogens with zero attached hydrogens (tertiary/aromatic N) is 1. The zero-order valence-corrected chi connectivity index (χ0v) is 13.1. The first-order valence-electron chi connectivity index (χ1n) is 7.12. The fraction of sp³-hybridized carbons (Fsp3) is 0.846. The zero-order valence-electron chi connectivity index (χ0n) is 12.3. The normalized spacial score (nSPS) is 29.2. The molecule has 0 bridgehead atoms. The van der Waals surface area contributed by atoms with Gasteiger partial charge in [-0.25, -0.2) is 0 Å². The number of alkyl halides is 3. The Kier molecular flexibility index (Phi) is 6.49. The van der Waals surface area contributed by atoms with Crippen molar-refractivity contribution in [3.8, 4) is 0 Å². The van der Waals surface area contributed by atoms with E-state index in [-0.39, 0.29) is 43.2 Å². The molecule has 128 valence electrons. The first-order chi connectivity index (χ1) is 9.76. The van der Waals surface area contributed by atoms with Crippen LogP contribution in [0.2, 0.25) is 0 Å². The Morgan fingerprint density at radius 2 is 2.14 bits per heavy atom. The lowest BCUT2D eigenvalue weighted by Crippen LogP contribution is -2.50. The van der Waals surface area contributed by atoms with Crippen LogP contribution in [0.15, 0.2) is 0 Å². The number of hydrogen-bond acceptors (Lipinski definition) is 3. The second kappa shape index (κ2) is 7.50. The fourth-order valence-corrected chi connectivity index (χ4v) is 2.85. The third-order valence-corrected chi connectivity index (χ3v) is 4.07. The smallest absolute Gasteiger partial charge is 0.353 e. The van der Waals surface area contributed by atoms with Gasteiger partial charge in [0.15, 0.2) is 0 Å². The van der Waals surface area contributed by atoms with Crippen molar-refractivity contribution in [2.45, 2.75) is 32.0 Å². The van der Waals surface area contributed by atoms with Crippen LogP contribution in [0.3, 0.4) is 0 Å². The second-order valence-electron chi connectivity index (χ2n) is 5.88. The molecule has 5 nitrogen and oxygen atoms in total. The van der Waals surface area contributed by atoms with Gasteiger partial charge in [0.1, 0.15) is 6.54 Å². The van der Waals surface area contributed by atoms with Gasteiger partial charge in [0.25, 0.3) is 0 Å². The largest absolute Gasteiger partial charge is 0.406 e. The molecule has 2 fully saturated rings. The number of nitrogens with one attached hydrogen (secondary N) is 2. The molecule has 2 saturated heterocycles. The standard InChI is InChI=1S/C13H20F3N3O2.ClH/c1-8-5-17-3-2-10(8)18-12(21)9-4-11(20)19(6-9)7-13(14,15)16;/h8-10,17H,2-7H2,1H3,(H,18,21);1H. The minimum atomic E-state index is -4.43. The Morgan fingerprint density at radius 3 is 2.73 bits per heavy atom. The molecule has 2 aliphatic heterocycles. The predicted molar refractivity (Wildman–Crippen MR) is 76.6 cm³/mol. The third kappa shape index (κ3) is 5.01. The summed E-state index contributed by atoms with van der Waals surface area (Å²) in [5.41, 5.74) is 0. The Morgan fingerprint density at radius 1 is 1.45 bits per heavy atom. The first-order valence-corrected chi connectivity index (χ1v) is 7.12. The van der Waals surface area contributed by atoms with Gasteiger partial charge in [-0.2, -0.15) is 13.2 Å². The van der Waals surface area contributed by atoms with E-state index >= 15 is 0 Å². The number of hydrogen-bond donors (Lipinski definition) is 2. The predicted octanol–water partition coefficient (Wildman–Crippen LogP) is 0.933. The van der Waals surface area contributed by atoms with E-state index in [1.165, 1.54) is 0 Å². The average Bonchev–Trinajstić information content (AvgIpc) is 2.72. The van der Waals surface area contributed by atoms with Gasteiger partial charge in [0.2, 0.25) is 11.8 Å². The summed E-state index contributed by atoms with van der Waals surface area (Å²) in [7, 11) is 0. The number of carbonyl (C=O) groups is 2. The Bertz CT molecular complexity index is 420. The number of likely N-dealkylation sites (tertiary alicyclic amines) is 1. The van der Waals surface area contributed by atoms with E-state index < -0.39 is 24.5 Å². The van der Waals surface area contributed by atoms with Crippen molar-refractivity contribution in [3.63, 3.8) is 0 Å². The number of amides is 2. The zero-order chi connectivity index (χ0) is 15.6. The van der Waals surface area contributed by atoms with E-state index in [1.54, 1.807) is 0 Å². The molecule has 0 aromatic carbocycles. The number of rotatable bonds is 3. The summed E-state index contributed by atoms with van der Waals surface area (Å²) in [6.07, 6.45) is -3.77. The van der Waals surface area contributed by atoms with Gasteiger partial charge in [-0.3, -0.25) is 9.59 Å². The number of halogens is 4. The van der Waals surface area contributed by atoms with Crippen LogP contribution in [0.25, 0.3) is 0 Å². The fourth-order valence-electron chi connectivity index (χ4n) is 2.85. The summed E-state index contributed by atoms with van der Waals surface area (Å²) >= 11 is 0. The van der Waals surface area contributed by atoms with Crippen LogP contribution in [0.5, 0.6) is 0 Å². The van der Waals surface area contributed by atoms with Gasteiger partial charge in [-0.05, 0) is 25.4 Å². The van der Waals surface area contributed by atoms with Crippen molar-refractivity contribution in [2.75, 3.05) is 26.2 Å². The molecule has 0 saturated carbocycles. The van der Waals surface area contributed by atoms with Crippen LogP contribution in [0.1, 0.15) is 19.8 Å². The second-order valence-corrected chi connectivity index (χ2v) is 5.88. The van der Waals surface area contributed by atoms with Crippen LogP contribution in [0, 0.1) is 11.8 Å². The third-order valence-electron chi connectivity index (χ3n) is 4.07. The lowest BCUT2D eigenvalue weighted by Gasteiger charge is -2.31. The van der Waals surface area contributed by atoms with E-state index in [1.807, 2.05) is 6.92 Å². The highest BCUT2D eigenvalue weighted by Crippen LogP contribution is 2.24. The van der Waals surface area contributed by atoms with Crippen LogP contribution in [-0.2, 0) is 9.59 Å². The van der Waals surface area contributed by atoms with Crippen molar-refractivity contribution in [3.05, 3.63) is 0 Å². The van der Waals surface area contributed by atoms with Crippen LogP contribution in [0.4, 0.5) is 13.2 Å². The van der Waals surface area contributed by atoms with Crippen LogP contribution < -0.4 is 10.6 Å². The molecule has 3 atom stereocenters. The van der Waals surface area contributed by atoms with Gasteiger partial charge in [0.05, 0.1) is 5.92 Å². The van der Waals surface area contributed by atoms with Crippen molar-refractivity contribution in [1.82, 2.24) is 15.5 Å². The van der Waals surface area contributed by atoms with Crippen LogP contribution >= 0.6 is 12.4 Å². The van der Waals surface area contributed by atoms with Gasteiger partial charge in [-0.15, -0.1) is 12.4 Å². The maximum Gasteiger partial charge on any atom is 0.406 e. The van der Waals surface area contributed by atoms with Crippen molar-refractivity contribution >= 4 is 24.2 Å². The molecule has 22 heavy (non-hydrogen) atoms. The van der Waals surface area contributed by atoms with E-state index in [0.29, 0.717) is 0 Å². The Labute approximate surface area is 133 Å². The Hall–Kier alpha value is -1.02. The molecule has 2 rings (SSSR count). The molecule has 2 amide bonds. The van der Waals surface area contributed by atoms with Crippen LogP contribution in [-0.4, -0.2) is 55.1 Å². The summed E-state index contributed by atoms with van der Waals surface area (Å²) in [6.45, 7) is 2.18. The highest BCUT2D eigenvalue weighted by Gasteiger charge is 2.41. The molecule has 0 radical (unpaired) electrons. The van der Waals surface area contributed by atoms with Gasteiger partial charge in [-0.1, -0.05) is 6.92 Å². The minimum Gasteiger partial charge on any atom is -0.353 e. The SMILES string of the molecule is CC1CNCCC1NC(=O)C1CC(=O)N(CC(F)(F)F)C1.Cl. The molecule has 3 unspecified atom stereocenters. The highest BCUT2D eigenvalue weighted by molar-refractivity contribution is 5.89. The number of carbonyl (C=O) groups excluding carboxylic acids is 2. The van der Waals surface area contributed by atoms with E-state index in [2.05, 4.69) is 10.6 Å². The minimum absolute atomic E-state index is 0.